The van der Waals surface area contributed by atoms with Gasteiger partial charge in [-0.2, -0.15) is 0 Å². The molecule has 0 aliphatic carbocycles. The van der Waals surface area contributed by atoms with Crippen molar-refractivity contribution in [1.29, 1.82) is 0 Å². The molecule has 1 amide bonds. The molecule has 6 nitrogen and oxygen atoms in total. The van der Waals surface area contributed by atoms with Gasteiger partial charge in [0.05, 0.1) is 5.69 Å². The molecular formula is C13H16N2O4. The molecule has 102 valence electrons. The summed E-state index contributed by atoms with van der Waals surface area (Å²) in [4.78, 5) is 24.6. The highest BCUT2D eigenvalue weighted by molar-refractivity contribution is 6.07. The number of aliphatic carboxylic acids is 1. The molecule has 3 atom stereocenters. The number of likely N-dealkylation sites (N-methyl/N-ethyl adjacent to an activating group) is 1. The van der Waals surface area contributed by atoms with E-state index in [0.29, 0.717) is 11.3 Å². The smallest absolute Gasteiger partial charge is 0.320 e. The Morgan fingerprint density at radius 1 is 1.42 bits per heavy atom. The van der Waals surface area contributed by atoms with E-state index in [0.717, 1.165) is 0 Å². The number of aliphatic hydroxyl groups is 1. The quantitative estimate of drug-likeness (QED) is 0.707. The first-order chi connectivity index (χ1) is 8.81. The minimum atomic E-state index is -1.90. The van der Waals surface area contributed by atoms with Crippen LogP contribution in [0.1, 0.15) is 12.5 Å². The molecule has 2 rings (SSSR count). The molecule has 19 heavy (non-hydrogen) atoms. The molecule has 0 saturated carbocycles. The number of carboxylic acids is 1. The summed E-state index contributed by atoms with van der Waals surface area (Å²) in [6.07, 6.45) is 0. The number of amides is 1. The minimum absolute atomic E-state index is 0.395. The van der Waals surface area contributed by atoms with Gasteiger partial charge in [0.15, 0.2) is 5.60 Å². The maximum atomic E-state index is 12.3. The Balaban J connectivity index is 2.54. The standard InChI is InChI=1S/C13H16N2O4/c1-7(10(14)11(16)17)13(19)8-5-3-4-6-9(8)15(2)12(13)18/h3-7,10,19H,14H2,1-2H3,(H,16,17)/t7-,10+,13-/m1/s1. The first-order valence-corrected chi connectivity index (χ1v) is 5.90. The van der Waals surface area contributed by atoms with Gasteiger partial charge in [0, 0.05) is 18.5 Å². The summed E-state index contributed by atoms with van der Waals surface area (Å²) >= 11 is 0. The summed E-state index contributed by atoms with van der Waals surface area (Å²) in [5.74, 6) is -2.75. The van der Waals surface area contributed by atoms with Crippen molar-refractivity contribution in [2.75, 3.05) is 11.9 Å². The Hall–Kier alpha value is -1.92. The van der Waals surface area contributed by atoms with Crippen molar-refractivity contribution in [1.82, 2.24) is 0 Å². The zero-order valence-corrected chi connectivity index (χ0v) is 10.7. The molecule has 0 aromatic heterocycles. The van der Waals surface area contributed by atoms with Gasteiger partial charge in [0.1, 0.15) is 6.04 Å². The van der Waals surface area contributed by atoms with Gasteiger partial charge in [0.25, 0.3) is 5.91 Å². The topological polar surface area (TPSA) is 104 Å². The number of carbonyl (C=O) groups is 2. The van der Waals surface area contributed by atoms with Gasteiger partial charge in [0.2, 0.25) is 0 Å². The summed E-state index contributed by atoms with van der Waals surface area (Å²) in [5.41, 5.74) is 4.62. The maximum Gasteiger partial charge on any atom is 0.320 e. The van der Waals surface area contributed by atoms with Gasteiger partial charge in [-0.1, -0.05) is 25.1 Å². The van der Waals surface area contributed by atoms with E-state index < -0.39 is 29.4 Å². The van der Waals surface area contributed by atoms with Crippen LogP contribution in [-0.2, 0) is 15.2 Å². The molecule has 1 aliphatic rings. The Bertz CT molecular complexity index is 545. The van der Waals surface area contributed by atoms with Gasteiger partial charge in [-0.25, -0.2) is 0 Å². The fraction of sp³-hybridized carbons (Fsp3) is 0.385. The van der Waals surface area contributed by atoms with Crippen LogP contribution in [0.4, 0.5) is 5.69 Å². The van der Waals surface area contributed by atoms with Crippen molar-refractivity contribution in [2.45, 2.75) is 18.6 Å². The molecule has 0 saturated heterocycles. The average Bonchev–Trinajstić information content (AvgIpc) is 2.61. The Morgan fingerprint density at radius 2 is 2.00 bits per heavy atom. The van der Waals surface area contributed by atoms with E-state index in [1.807, 2.05) is 0 Å². The molecule has 0 fully saturated rings. The van der Waals surface area contributed by atoms with Crippen LogP contribution >= 0.6 is 0 Å². The molecule has 1 heterocycles. The van der Waals surface area contributed by atoms with Crippen LogP contribution in [0.2, 0.25) is 0 Å². The van der Waals surface area contributed by atoms with Crippen LogP contribution in [0.5, 0.6) is 0 Å². The van der Waals surface area contributed by atoms with Crippen molar-refractivity contribution >= 4 is 17.6 Å². The third kappa shape index (κ3) is 1.72. The maximum absolute atomic E-state index is 12.3. The zero-order valence-electron chi connectivity index (χ0n) is 10.7. The first-order valence-electron chi connectivity index (χ1n) is 5.90. The van der Waals surface area contributed by atoms with Gasteiger partial charge in [-0.3, -0.25) is 9.59 Å². The molecule has 0 radical (unpaired) electrons. The number of para-hydroxylation sites is 1. The lowest BCUT2D eigenvalue weighted by atomic mass is 9.79. The summed E-state index contributed by atoms with van der Waals surface area (Å²) < 4.78 is 0. The molecule has 1 aliphatic heterocycles. The normalized spacial score (nSPS) is 25.1. The van der Waals surface area contributed by atoms with E-state index in [1.54, 1.807) is 24.3 Å². The fourth-order valence-corrected chi connectivity index (χ4v) is 2.48. The molecule has 1 aromatic rings. The second-order valence-corrected chi connectivity index (χ2v) is 4.80. The Morgan fingerprint density at radius 3 is 2.58 bits per heavy atom. The summed E-state index contributed by atoms with van der Waals surface area (Å²) in [5, 5.41) is 19.7. The van der Waals surface area contributed by atoms with Crippen molar-refractivity contribution in [3.63, 3.8) is 0 Å². The molecule has 0 spiro atoms. The number of hydrogen-bond acceptors (Lipinski definition) is 4. The third-order valence-corrected chi connectivity index (χ3v) is 3.79. The van der Waals surface area contributed by atoms with Crippen molar-refractivity contribution in [3.05, 3.63) is 29.8 Å². The van der Waals surface area contributed by atoms with E-state index in [4.69, 9.17) is 10.8 Å². The van der Waals surface area contributed by atoms with Gasteiger partial charge in [-0.15, -0.1) is 0 Å². The lowest BCUT2D eigenvalue weighted by molar-refractivity contribution is -0.149. The highest BCUT2D eigenvalue weighted by Gasteiger charge is 2.54. The molecule has 6 heteroatoms. The Labute approximate surface area is 110 Å². The summed E-state index contributed by atoms with van der Waals surface area (Å²) in [6, 6.07) is 5.42. The number of hydrogen-bond donors (Lipinski definition) is 3. The fourth-order valence-electron chi connectivity index (χ4n) is 2.48. The molecule has 1 aromatic carbocycles. The number of rotatable bonds is 3. The van der Waals surface area contributed by atoms with E-state index in [9.17, 15) is 14.7 Å². The Kier molecular flexibility index (Phi) is 3.07. The lowest BCUT2D eigenvalue weighted by Crippen LogP contribution is -2.52. The molecule has 0 bridgehead atoms. The first kappa shape index (κ1) is 13.5. The summed E-state index contributed by atoms with van der Waals surface area (Å²) in [6.45, 7) is 1.46. The van der Waals surface area contributed by atoms with Crippen LogP contribution < -0.4 is 10.6 Å². The molecule has 0 unspecified atom stereocenters. The molecular weight excluding hydrogens is 248 g/mol. The van der Waals surface area contributed by atoms with Crippen LogP contribution in [0.25, 0.3) is 0 Å². The van der Waals surface area contributed by atoms with Crippen LogP contribution in [-0.4, -0.2) is 35.2 Å². The highest BCUT2D eigenvalue weighted by Crippen LogP contribution is 2.44. The van der Waals surface area contributed by atoms with E-state index >= 15 is 0 Å². The number of nitrogens with zero attached hydrogens (tertiary/aromatic N) is 1. The number of fused-ring (bicyclic) bond motifs is 1. The average molecular weight is 264 g/mol. The number of benzene rings is 1. The van der Waals surface area contributed by atoms with Crippen LogP contribution in [0, 0.1) is 5.92 Å². The predicted molar refractivity (Wildman–Crippen MR) is 68.5 cm³/mol. The van der Waals surface area contributed by atoms with Gasteiger partial charge in [-0.05, 0) is 6.07 Å². The van der Waals surface area contributed by atoms with Gasteiger partial charge >= 0.3 is 5.97 Å². The van der Waals surface area contributed by atoms with E-state index in [-0.39, 0.29) is 0 Å². The second-order valence-electron chi connectivity index (χ2n) is 4.80. The van der Waals surface area contributed by atoms with Crippen LogP contribution in [0.15, 0.2) is 24.3 Å². The number of nitrogens with two attached hydrogens (primary N) is 1. The van der Waals surface area contributed by atoms with E-state index in [2.05, 4.69) is 0 Å². The zero-order chi connectivity index (χ0) is 14.4. The largest absolute Gasteiger partial charge is 0.480 e. The minimum Gasteiger partial charge on any atom is -0.480 e. The molecule has 4 N–H and O–H groups in total. The highest BCUT2D eigenvalue weighted by atomic mass is 16.4. The van der Waals surface area contributed by atoms with Crippen molar-refractivity contribution in [2.24, 2.45) is 11.7 Å². The van der Waals surface area contributed by atoms with E-state index in [1.165, 1.54) is 18.9 Å². The number of anilines is 1. The predicted octanol–water partition coefficient (Wildman–Crippen LogP) is -0.101. The lowest BCUT2D eigenvalue weighted by Gasteiger charge is -2.31. The third-order valence-electron chi connectivity index (χ3n) is 3.79. The van der Waals surface area contributed by atoms with Crippen molar-refractivity contribution in [3.8, 4) is 0 Å². The van der Waals surface area contributed by atoms with Crippen LogP contribution in [0.3, 0.4) is 0 Å². The number of carbonyl (C=O) groups excluding carboxylic acids is 1. The van der Waals surface area contributed by atoms with Crippen molar-refractivity contribution < 1.29 is 19.8 Å². The van der Waals surface area contributed by atoms with Gasteiger partial charge < -0.3 is 20.8 Å². The second kappa shape index (κ2) is 4.32. The summed E-state index contributed by atoms with van der Waals surface area (Å²) in [7, 11) is 1.54. The SMILES string of the molecule is C[C@H]([C@H](N)C(=O)O)[C@]1(O)C(=O)N(C)c2ccccc21. The number of carboxylic acid groups (broad SMARTS) is 1. The monoisotopic (exact) mass is 264 g/mol.